The van der Waals surface area contributed by atoms with Crippen molar-refractivity contribution in [2.24, 2.45) is 11.8 Å². The van der Waals surface area contributed by atoms with Crippen molar-refractivity contribution in [3.63, 3.8) is 0 Å². The Labute approximate surface area is 91.8 Å². The van der Waals surface area contributed by atoms with Gasteiger partial charge >= 0.3 is 0 Å². The van der Waals surface area contributed by atoms with Crippen molar-refractivity contribution < 1.29 is 9.53 Å². The maximum atomic E-state index is 11.9. The Bertz CT molecular complexity index is 224. The van der Waals surface area contributed by atoms with Crippen LogP contribution in [-0.4, -0.2) is 37.1 Å². The average Bonchev–Trinajstić information content (AvgIpc) is 2.66. The van der Waals surface area contributed by atoms with Crippen LogP contribution in [0, 0.1) is 11.8 Å². The van der Waals surface area contributed by atoms with Crippen molar-refractivity contribution in [1.82, 2.24) is 4.90 Å². The Morgan fingerprint density at radius 1 is 1.33 bits per heavy atom. The van der Waals surface area contributed by atoms with Crippen molar-refractivity contribution >= 4 is 5.91 Å². The summed E-state index contributed by atoms with van der Waals surface area (Å²) in [7, 11) is 0. The summed E-state index contributed by atoms with van der Waals surface area (Å²) in [6, 6.07) is 0. The molecule has 2 saturated heterocycles. The Morgan fingerprint density at radius 3 is 2.67 bits per heavy atom. The molecule has 1 amide bonds. The van der Waals surface area contributed by atoms with Gasteiger partial charge in [-0.2, -0.15) is 0 Å². The van der Waals surface area contributed by atoms with Crippen molar-refractivity contribution in [2.75, 3.05) is 26.3 Å². The standard InChI is InChI=1S/C12H21NO2/c1-10-2-5-13(9-10)12(14)8-11-3-6-15-7-4-11/h10-11H,2-9H2,1H3/t10-/m0/s1. The number of nitrogens with zero attached hydrogens (tertiary/aromatic N) is 1. The summed E-state index contributed by atoms with van der Waals surface area (Å²) in [5, 5.41) is 0. The van der Waals surface area contributed by atoms with Gasteiger partial charge in [0.25, 0.3) is 0 Å². The number of carbonyl (C=O) groups excluding carboxylic acids is 1. The lowest BCUT2D eigenvalue weighted by atomic mass is 9.96. The van der Waals surface area contributed by atoms with E-state index < -0.39 is 0 Å². The molecule has 0 aliphatic carbocycles. The number of likely N-dealkylation sites (tertiary alicyclic amines) is 1. The lowest BCUT2D eigenvalue weighted by molar-refractivity contribution is -0.131. The highest BCUT2D eigenvalue weighted by Crippen LogP contribution is 2.22. The van der Waals surface area contributed by atoms with Gasteiger partial charge in [0.2, 0.25) is 5.91 Å². The van der Waals surface area contributed by atoms with Crippen molar-refractivity contribution in [3.8, 4) is 0 Å². The summed E-state index contributed by atoms with van der Waals surface area (Å²) >= 11 is 0. The summed E-state index contributed by atoms with van der Waals surface area (Å²) in [5.41, 5.74) is 0. The molecule has 0 aromatic heterocycles. The van der Waals surface area contributed by atoms with E-state index in [0.717, 1.165) is 45.6 Å². The van der Waals surface area contributed by atoms with E-state index in [1.54, 1.807) is 0 Å². The van der Waals surface area contributed by atoms with Crippen LogP contribution in [0.5, 0.6) is 0 Å². The number of rotatable bonds is 2. The molecule has 0 aromatic rings. The van der Waals surface area contributed by atoms with E-state index in [9.17, 15) is 4.79 Å². The van der Waals surface area contributed by atoms with Gasteiger partial charge in [-0.15, -0.1) is 0 Å². The summed E-state index contributed by atoms with van der Waals surface area (Å²) < 4.78 is 5.30. The van der Waals surface area contributed by atoms with Crippen LogP contribution in [-0.2, 0) is 9.53 Å². The average molecular weight is 211 g/mol. The summed E-state index contributed by atoms with van der Waals surface area (Å²) in [5.74, 6) is 1.64. The van der Waals surface area contributed by atoms with Gasteiger partial charge in [-0.25, -0.2) is 0 Å². The molecule has 0 spiro atoms. The highest BCUT2D eigenvalue weighted by molar-refractivity contribution is 5.76. The second-order valence-electron chi connectivity index (χ2n) is 4.99. The number of hydrogen-bond acceptors (Lipinski definition) is 2. The quantitative estimate of drug-likeness (QED) is 0.695. The van der Waals surface area contributed by atoms with E-state index in [0.29, 0.717) is 17.7 Å². The van der Waals surface area contributed by atoms with Crippen molar-refractivity contribution in [1.29, 1.82) is 0 Å². The van der Waals surface area contributed by atoms with Gasteiger partial charge in [0.1, 0.15) is 0 Å². The smallest absolute Gasteiger partial charge is 0.222 e. The summed E-state index contributed by atoms with van der Waals surface area (Å²) in [6.45, 7) is 5.86. The van der Waals surface area contributed by atoms with Crippen LogP contribution in [0.4, 0.5) is 0 Å². The largest absolute Gasteiger partial charge is 0.381 e. The molecule has 0 saturated carbocycles. The molecule has 0 aromatic carbocycles. The van der Waals surface area contributed by atoms with Gasteiger partial charge in [0.15, 0.2) is 0 Å². The topological polar surface area (TPSA) is 29.5 Å². The first kappa shape index (κ1) is 10.9. The minimum Gasteiger partial charge on any atom is -0.381 e. The van der Waals surface area contributed by atoms with E-state index in [-0.39, 0.29) is 0 Å². The van der Waals surface area contributed by atoms with Gasteiger partial charge < -0.3 is 9.64 Å². The second kappa shape index (κ2) is 4.97. The Hall–Kier alpha value is -0.570. The number of carbonyl (C=O) groups is 1. The highest BCUT2D eigenvalue weighted by atomic mass is 16.5. The molecule has 86 valence electrons. The molecule has 2 fully saturated rings. The fourth-order valence-electron chi connectivity index (χ4n) is 2.49. The lowest BCUT2D eigenvalue weighted by Gasteiger charge is -2.24. The zero-order chi connectivity index (χ0) is 10.7. The molecule has 2 rings (SSSR count). The third kappa shape index (κ3) is 2.94. The van der Waals surface area contributed by atoms with Crippen LogP contribution in [0.1, 0.15) is 32.6 Å². The minimum absolute atomic E-state index is 0.367. The molecule has 3 heteroatoms. The first-order valence-corrected chi connectivity index (χ1v) is 6.11. The summed E-state index contributed by atoms with van der Waals surface area (Å²) in [6.07, 6.45) is 4.06. The maximum absolute atomic E-state index is 11.9. The fourth-order valence-corrected chi connectivity index (χ4v) is 2.49. The maximum Gasteiger partial charge on any atom is 0.222 e. The Morgan fingerprint density at radius 2 is 2.07 bits per heavy atom. The zero-order valence-electron chi connectivity index (χ0n) is 9.58. The van der Waals surface area contributed by atoms with Crippen molar-refractivity contribution in [2.45, 2.75) is 32.6 Å². The molecule has 3 nitrogen and oxygen atoms in total. The van der Waals surface area contributed by atoms with Gasteiger partial charge in [-0.1, -0.05) is 6.92 Å². The number of ether oxygens (including phenoxy) is 1. The molecule has 0 N–H and O–H groups in total. The molecule has 0 radical (unpaired) electrons. The predicted octanol–water partition coefficient (Wildman–Crippen LogP) is 1.67. The normalized spacial score (nSPS) is 28.3. The number of amides is 1. The van der Waals surface area contributed by atoms with Crippen molar-refractivity contribution in [3.05, 3.63) is 0 Å². The molecule has 2 aliphatic heterocycles. The molecular weight excluding hydrogens is 190 g/mol. The van der Waals surface area contributed by atoms with Gasteiger partial charge in [-0.05, 0) is 31.1 Å². The van der Waals surface area contributed by atoms with E-state index in [1.807, 2.05) is 4.90 Å². The van der Waals surface area contributed by atoms with E-state index in [2.05, 4.69) is 6.92 Å². The van der Waals surface area contributed by atoms with Crippen LogP contribution in [0.25, 0.3) is 0 Å². The van der Waals surface area contributed by atoms with Crippen LogP contribution >= 0.6 is 0 Å². The highest BCUT2D eigenvalue weighted by Gasteiger charge is 2.25. The molecule has 1 atom stereocenters. The van der Waals surface area contributed by atoms with Gasteiger partial charge in [0.05, 0.1) is 0 Å². The van der Waals surface area contributed by atoms with E-state index in [1.165, 1.54) is 6.42 Å². The fraction of sp³-hybridized carbons (Fsp3) is 0.917. The molecule has 0 unspecified atom stereocenters. The van der Waals surface area contributed by atoms with E-state index >= 15 is 0 Å². The SMILES string of the molecule is C[C@H]1CCN(C(=O)CC2CCOCC2)C1. The van der Waals surface area contributed by atoms with E-state index in [4.69, 9.17) is 4.74 Å². The Kier molecular flexibility index (Phi) is 3.62. The zero-order valence-corrected chi connectivity index (χ0v) is 9.58. The van der Waals surface area contributed by atoms with Crippen LogP contribution in [0.15, 0.2) is 0 Å². The third-order valence-electron chi connectivity index (χ3n) is 3.58. The first-order valence-electron chi connectivity index (χ1n) is 6.11. The molecule has 2 aliphatic rings. The molecule has 15 heavy (non-hydrogen) atoms. The van der Waals surface area contributed by atoms with Crippen LogP contribution < -0.4 is 0 Å². The van der Waals surface area contributed by atoms with Gasteiger partial charge in [-0.3, -0.25) is 4.79 Å². The predicted molar refractivity (Wildman–Crippen MR) is 58.5 cm³/mol. The number of hydrogen-bond donors (Lipinski definition) is 0. The Balaban J connectivity index is 1.76. The lowest BCUT2D eigenvalue weighted by Crippen LogP contribution is -2.31. The van der Waals surface area contributed by atoms with Crippen LogP contribution in [0.3, 0.4) is 0 Å². The molecule has 2 heterocycles. The minimum atomic E-state index is 0.367. The molecule has 0 bridgehead atoms. The monoisotopic (exact) mass is 211 g/mol. The first-order chi connectivity index (χ1) is 7.25. The second-order valence-corrected chi connectivity index (χ2v) is 4.99. The van der Waals surface area contributed by atoms with Gasteiger partial charge in [0, 0.05) is 32.7 Å². The summed E-state index contributed by atoms with van der Waals surface area (Å²) in [4.78, 5) is 14.0. The molecular formula is C12H21NO2. The third-order valence-corrected chi connectivity index (χ3v) is 3.58. The van der Waals surface area contributed by atoms with Crippen LogP contribution in [0.2, 0.25) is 0 Å².